The Morgan fingerprint density at radius 2 is 0.932 bits per heavy atom. The molecule has 1 aromatic heterocycles. The first kappa shape index (κ1) is 33.9. The predicted octanol–water partition coefficient (Wildman–Crippen LogP) is 15.4. The molecule has 1 nitrogen and oxygen atoms in total. The number of nitrogens with zero attached hydrogens (tertiary/aromatic N) is 1. The number of rotatable bonds is 5. The topological polar surface area (TPSA) is 4.93 Å². The number of halogens is 1. The van der Waals surface area contributed by atoms with Crippen LogP contribution in [0, 0.1) is 0 Å². The molecule has 9 aromatic carbocycles. The van der Waals surface area contributed by atoms with Gasteiger partial charge < -0.3 is 4.57 Å². The summed E-state index contributed by atoms with van der Waals surface area (Å²) >= 11 is 6.25. The van der Waals surface area contributed by atoms with E-state index in [1.165, 1.54) is 94.1 Å². The molecule has 0 aliphatic heterocycles. The van der Waals surface area contributed by atoms with Gasteiger partial charge in [0.2, 0.25) is 0 Å². The van der Waals surface area contributed by atoms with Crippen molar-refractivity contribution in [3.05, 3.63) is 240 Å². The number of para-hydroxylation sites is 1. The molecule has 10 aromatic rings. The minimum Gasteiger partial charge on any atom is -0.309 e. The number of benzene rings is 9. The van der Waals surface area contributed by atoms with Crippen molar-refractivity contribution in [1.82, 2.24) is 4.57 Å². The summed E-state index contributed by atoms with van der Waals surface area (Å²) in [5, 5.41) is 3.20. The fourth-order valence-corrected chi connectivity index (χ4v) is 10.4. The van der Waals surface area contributed by atoms with E-state index in [1.54, 1.807) is 0 Å². The lowest BCUT2D eigenvalue weighted by atomic mass is 9.70. The van der Waals surface area contributed by atoms with Gasteiger partial charge in [-0.1, -0.05) is 170 Å². The van der Waals surface area contributed by atoms with Crippen LogP contribution in [0.2, 0.25) is 5.02 Å². The van der Waals surface area contributed by atoms with Gasteiger partial charge in [-0.25, -0.2) is 0 Å². The first-order valence-electron chi connectivity index (χ1n) is 20.2. The molecular weight excluding hydrogens is 734 g/mol. The average molecular weight is 770 g/mol. The summed E-state index contributed by atoms with van der Waals surface area (Å²) in [4.78, 5) is 0. The smallest absolute Gasteiger partial charge is 0.0725 e. The fourth-order valence-electron chi connectivity index (χ4n) is 10.3. The van der Waals surface area contributed by atoms with E-state index in [0.29, 0.717) is 0 Å². The summed E-state index contributed by atoms with van der Waals surface area (Å²) in [7, 11) is 0. The number of fused-ring (bicyclic) bond motifs is 13. The van der Waals surface area contributed by atoms with Gasteiger partial charge in [0.15, 0.2) is 0 Å². The maximum atomic E-state index is 6.25. The number of hydrogen-bond acceptors (Lipinski definition) is 0. The normalized spacial score (nSPS) is 14.7. The number of aromatic nitrogens is 1. The molecule has 2 aliphatic carbocycles. The molecule has 2 aliphatic rings. The van der Waals surface area contributed by atoms with E-state index in [2.05, 4.69) is 199 Å². The first-order valence-corrected chi connectivity index (χ1v) is 20.6. The largest absolute Gasteiger partial charge is 0.309 e. The molecule has 12 rings (SSSR count). The second-order valence-corrected chi connectivity index (χ2v) is 16.2. The van der Waals surface area contributed by atoms with E-state index in [1.807, 2.05) is 18.2 Å². The second kappa shape index (κ2) is 12.9. The quantitative estimate of drug-likeness (QED) is 0.164. The van der Waals surface area contributed by atoms with Gasteiger partial charge in [-0.3, -0.25) is 0 Å². The van der Waals surface area contributed by atoms with Crippen LogP contribution >= 0.6 is 11.6 Å². The minimum absolute atomic E-state index is 0.473. The molecule has 0 saturated carbocycles. The van der Waals surface area contributed by atoms with Crippen molar-refractivity contribution in [2.75, 3.05) is 0 Å². The van der Waals surface area contributed by atoms with Crippen LogP contribution in [0.5, 0.6) is 0 Å². The summed E-state index contributed by atoms with van der Waals surface area (Å²) in [6, 6.07) is 73.6. The molecule has 0 N–H and O–H groups in total. The Morgan fingerprint density at radius 3 is 1.68 bits per heavy atom. The van der Waals surface area contributed by atoms with Crippen LogP contribution in [0.15, 0.2) is 207 Å². The standard InChI is InChI=1S/C57H36ClN/c1-2-36-12-3-4-15-44(36)41-25-30-48-46-17-6-9-20-52(46)57(54(48)35-41)51-19-8-5-16-45(51)47-29-24-40(34-53(47)57)38-13-11-14-43(32-38)59-55-21-10-7-18-49(55)50-33-39(26-31-56(50)59)37-22-27-42(58)28-23-37/h2-35H,1H2. The molecule has 0 saturated heterocycles. The molecule has 0 fully saturated rings. The second-order valence-electron chi connectivity index (χ2n) is 15.8. The Balaban J connectivity index is 1.05. The molecule has 0 bridgehead atoms. The molecule has 0 amide bonds. The van der Waals surface area contributed by atoms with Gasteiger partial charge in [0.05, 0.1) is 16.4 Å². The zero-order chi connectivity index (χ0) is 39.2. The molecule has 0 radical (unpaired) electrons. The molecule has 1 unspecified atom stereocenters. The Morgan fingerprint density at radius 1 is 0.390 bits per heavy atom. The van der Waals surface area contributed by atoms with E-state index in [9.17, 15) is 0 Å². The molecular formula is C57H36ClN. The molecule has 1 spiro atoms. The van der Waals surface area contributed by atoms with Crippen molar-refractivity contribution < 1.29 is 0 Å². The fraction of sp³-hybridized carbons (Fsp3) is 0.0175. The summed E-state index contributed by atoms with van der Waals surface area (Å²) in [6.45, 7) is 4.16. The van der Waals surface area contributed by atoms with E-state index >= 15 is 0 Å². The van der Waals surface area contributed by atoms with Crippen LogP contribution in [-0.2, 0) is 5.41 Å². The summed E-state index contributed by atoms with van der Waals surface area (Å²) in [6.07, 6.45) is 1.96. The van der Waals surface area contributed by atoms with Crippen LogP contribution in [0.25, 0.3) is 89.2 Å². The van der Waals surface area contributed by atoms with E-state index < -0.39 is 5.41 Å². The highest BCUT2D eigenvalue weighted by Gasteiger charge is 2.51. The van der Waals surface area contributed by atoms with Crippen molar-refractivity contribution in [3.63, 3.8) is 0 Å². The maximum absolute atomic E-state index is 6.25. The highest BCUT2D eigenvalue weighted by molar-refractivity contribution is 6.30. The van der Waals surface area contributed by atoms with Crippen LogP contribution < -0.4 is 0 Å². The Labute approximate surface area is 348 Å². The van der Waals surface area contributed by atoms with Crippen molar-refractivity contribution in [2.24, 2.45) is 0 Å². The zero-order valence-electron chi connectivity index (χ0n) is 32.2. The zero-order valence-corrected chi connectivity index (χ0v) is 32.9. The van der Waals surface area contributed by atoms with Crippen molar-refractivity contribution >= 4 is 39.5 Å². The van der Waals surface area contributed by atoms with Crippen LogP contribution in [0.3, 0.4) is 0 Å². The van der Waals surface area contributed by atoms with Crippen molar-refractivity contribution in [2.45, 2.75) is 5.41 Å². The Hall–Kier alpha value is -7.19. The molecule has 276 valence electrons. The van der Waals surface area contributed by atoms with Crippen LogP contribution in [0.1, 0.15) is 27.8 Å². The van der Waals surface area contributed by atoms with Gasteiger partial charge in [0.1, 0.15) is 0 Å². The van der Waals surface area contributed by atoms with Gasteiger partial charge in [0, 0.05) is 21.5 Å². The summed E-state index contributed by atoms with van der Waals surface area (Å²) < 4.78 is 2.41. The summed E-state index contributed by atoms with van der Waals surface area (Å²) in [5.74, 6) is 0. The van der Waals surface area contributed by atoms with Gasteiger partial charge in [0.25, 0.3) is 0 Å². The predicted molar refractivity (Wildman–Crippen MR) is 248 cm³/mol. The molecule has 1 heterocycles. The lowest BCUT2D eigenvalue weighted by molar-refractivity contribution is 0.794. The Bertz CT molecular complexity index is 3350. The third-order valence-corrected chi connectivity index (χ3v) is 13.1. The van der Waals surface area contributed by atoms with Crippen molar-refractivity contribution in [1.29, 1.82) is 0 Å². The highest BCUT2D eigenvalue weighted by atomic mass is 35.5. The first-order chi connectivity index (χ1) is 29.1. The third-order valence-electron chi connectivity index (χ3n) is 12.9. The Kier molecular flexibility index (Phi) is 7.42. The van der Waals surface area contributed by atoms with Gasteiger partial charge >= 0.3 is 0 Å². The monoisotopic (exact) mass is 769 g/mol. The van der Waals surface area contributed by atoms with Gasteiger partial charge in [-0.2, -0.15) is 0 Å². The van der Waals surface area contributed by atoms with E-state index in [4.69, 9.17) is 11.6 Å². The van der Waals surface area contributed by atoms with Crippen molar-refractivity contribution in [3.8, 4) is 61.3 Å². The van der Waals surface area contributed by atoms with E-state index in [0.717, 1.165) is 21.8 Å². The molecule has 2 heteroatoms. The highest BCUT2D eigenvalue weighted by Crippen LogP contribution is 2.63. The van der Waals surface area contributed by atoms with Gasteiger partial charge in [-0.05, 0) is 138 Å². The minimum atomic E-state index is -0.473. The van der Waals surface area contributed by atoms with E-state index in [-0.39, 0.29) is 0 Å². The third kappa shape index (κ3) is 4.86. The summed E-state index contributed by atoms with van der Waals surface area (Å²) in [5.41, 5.74) is 21.8. The van der Waals surface area contributed by atoms with Crippen LogP contribution in [0.4, 0.5) is 0 Å². The molecule has 59 heavy (non-hydrogen) atoms. The lowest BCUT2D eigenvalue weighted by Gasteiger charge is -2.31. The lowest BCUT2D eigenvalue weighted by Crippen LogP contribution is -2.26. The van der Waals surface area contributed by atoms with Gasteiger partial charge in [-0.15, -0.1) is 0 Å². The number of hydrogen-bond donors (Lipinski definition) is 0. The maximum Gasteiger partial charge on any atom is 0.0725 e. The van der Waals surface area contributed by atoms with Crippen LogP contribution in [-0.4, -0.2) is 4.57 Å². The molecule has 1 atom stereocenters. The average Bonchev–Trinajstić information content (AvgIpc) is 3.90. The SMILES string of the molecule is C=Cc1ccccc1-c1ccc2c(c1)C1(c3ccccc3-c3ccc(-c4cccc(-n5c6ccccc6c6cc(-c7ccc(Cl)cc7)ccc65)c4)cc31)c1ccccc1-2.